The van der Waals surface area contributed by atoms with E-state index in [1.807, 2.05) is 66.7 Å². The quantitative estimate of drug-likeness (QED) is 0.165. The first kappa shape index (κ1) is 28.6. The van der Waals surface area contributed by atoms with Crippen LogP contribution in [0.2, 0.25) is 0 Å². The fraction of sp³-hybridized carbons (Fsp3) is 0.167. The fourth-order valence-corrected chi connectivity index (χ4v) is 6.36. The number of hydrogen-bond donors (Lipinski definition) is 0. The molecular weight excluding hydrogens is 582 g/mol. The van der Waals surface area contributed by atoms with Gasteiger partial charge in [0.1, 0.15) is 10.7 Å². The van der Waals surface area contributed by atoms with Gasteiger partial charge in [-0.2, -0.15) is 10.2 Å². The van der Waals surface area contributed by atoms with Gasteiger partial charge in [0.25, 0.3) is 0 Å². The summed E-state index contributed by atoms with van der Waals surface area (Å²) in [5.74, 6) is -0.524. The lowest BCUT2D eigenvalue weighted by molar-refractivity contribution is 0.580. The average molecular weight is 612 g/mol. The minimum atomic E-state index is -0.524. The van der Waals surface area contributed by atoms with E-state index in [4.69, 9.17) is 0 Å². The Kier molecular flexibility index (Phi) is 8.16. The van der Waals surface area contributed by atoms with Crippen molar-refractivity contribution in [1.29, 1.82) is 0 Å². The van der Waals surface area contributed by atoms with Crippen LogP contribution in [0.3, 0.4) is 0 Å². The van der Waals surface area contributed by atoms with E-state index in [1.165, 1.54) is 35.9 Å². The van der Waals surface area contributed by atoms with Crippen LogP contribution in [-0.2, 0) is 0 Å². The summed E-state index contributed by atoms with van der Waals surface area (Å²) in [6.45, 7) is 4.26. The fourth-order valence-electron chi connectivity index (χ4n) is 5.48. The summed E-state index contributed by atoms with van der Waals surface area (Å²) in [4.78, 5) is 2.43. The lowest BCUT2D eigenvalue weighted by Crippen LogP contribution is -2.28. The minimum Gasteiger partial charge on any atom is -0.363 e. The van der Waals surface area contributed by atoms with Crippen molar-refractivity contribution in [2.24, 2.45) is 30.7 Å². The van der Waals surface area contributed by atoms with Crippen molar-refractivity contribution in [1.82, 2.24) is 0 Å². The van der Waals surface area contributed by atoms with Gasteiger partial charge in [-0.3, -0.25) is 0 Å². The first-order chi connectivity index (χ1) is 22.1. The third-order valence-electron chi connectivity index (χ3n) is 7.84. The summed E-state index contributed by atoms with van der Waals surface area (Å²) in [5, 5.41) is 32.4. The maximum absolute atomic E-state index is 14.9. The number of thiophene rings is 1. The SMILES string of the molecule is Cc1ccc2cc(N=Nc3ccc(N=Nc4ccc(N=Nc5ccc(N6CCCCC6)s5)c5ccccc45)cc3F)ccc2c1. The molecule has 2 heterocycles. The van der Waals surface area contributed by atoms with Gasteiger partial charge in [-0.1, -0.05) is 65.4 Å². The largest absolute Gasteiger partial charge is 0.363 e. The smallest absolute Gasteiger partial charge is 0.152 e. The highest BCUT2D eigenvalue weighted by atomic mass is 32.1. The van der Waals surface area contributed by atoms with Gasteiger partial charge in [-0.15, -0.1) is 20.5 Å². The Hall–Kier alpha value is -5.15. The second kappa shape index (κ2) is 12.8. The zero-order valence-electron chi connectivity index (χ0n) is 24.8. The van der Waals surface area contributed by atoms with E-state index in [-0.39, 0.29) is 5.69 Å². The molecule has 222 valence electrons. The normalized spacial score (nSPS) is 14.1. The van der Waals surface area contributed by atoms with Crippen LogP contribution in [-0.4, -0.2) is 13.1 Å². The van der Waals surface area contributed by atoms with Crippen LogP contribution in [0.25, 0.3) is 21.5 Å². The molecule has 0 bridgehead atoms. The predicted octanol–water partition coefficient (Wildman–Crippen LogP) is 12.7. The van der Waals surface area contributed by atoms with Gasteiger partial charge >= 0.3 is 0 Å². The summed E-state index contributed by atoms with van der Waals surface area (Å²) in [5.41, 5.74) is 3.76. The predicted molar refractivity (Wildman–Crippen MR) is 182 cm³/mol. The molecule has 0 saturated carbocycles. The molecular formula is C36H30FN7S. The van der Waals surface area contributed by atoms with Gasteiger partial charge in [0.15, 0.2) is 5.82 Å². The summed E-state index contributed by atoms with van der Waals surface area (Å²) >= 11 is 1.67. The van der Waals surface area contributed by atoms with E-state index in [0.717, 1.165) is 45.3 Å². The molecule has 45 heavy (non-hydrogen) atoms. The number of benzene rings is 5. The van der Waals surface area contributed by atoms with Gasteiger partial charge < -0.3 is 4.90 Å². The van der Waals surface area contributed by atoms with Crippen molar-refractivity contribution < 1.29 is 4.39 Å². The molecule has 0 unspecified atom stereocenters. The molecule has 0 amide bonds. The third-order valence-corrected chi connectivity index (χ3v) is 8.87. The van der Waals surface area contributed by atoms with Crippen LogP contribution in [0.4, 0.5) is 42.8 Å². The molecule has 5 aromatic carbocycles. The van der Waals surface area contributed by atoms with Crippen molar-refractivity contribution in [3.8, 4) is 0 Å². The van der Waals surface area contributed by atoms with E-state index in [1.54, 1.807) is 23.5 Å². The van der Waals surface area contributed by atoms with E-state index < -0.39 is 5.82 Å². The molecule has 1 aliphatic heterocycles. The lowest BCUT2D eigenvalue weighted by atomic mass is 10.1. The summed E-state index contributed by atoms with van der Waals surface area (Å²) in [6, 6.07) is 32.3. The van der Waals surface area contributed by atoms with E-state index in [9.17, 15) is 4.39 Å². The van der Waals surface area contributed by atoms with Crippen molar-refractivity contribution in [2.75, 3.05) is 18.0 Å². The van der Waals surface area contributed by atoms with Crippen LogP contribution < -0.4 is 4.90 Å². The maximum Gasteiger partial charge on any atom is 0.152 e. The highest BCUT2D eigenvalue weighted by Crippen LogP contribution is 2.38. The molecule has 1 saturated heterocycles. The van der Waals surface area contributed by atoms with Gasteiger partial charge in [0.05, 0.1) is 27.8 Å². The van der Waals surface area contributed by atoms with E-state index in [2.05, 4.69) is 60.7 Å². The highest BCUT2D eigenvalue weighted by molar-refractivity contribution is 7.19. The Morgan fingerprint density at radius 2 is 1.20 bits per heavy atom. The molecule has 9 heteroatoms. The zero-order valence-corrected chi connectivity index (χ0v) is 25.6. The summed E-state index contributed by atoms with van der Waals surface area (Å²) in [6.07, 6.45) is 3.78. The van der Waals surface area contributed by atoms with Crippen LogP contribution in [0.1, 0.15) is 24.8 Å². The van der Waals surface area contributed by atoms with Crippen LogP contribution in [0.15, 0.2) is 134 Å². The number of hydrogen-bond acceptors (Lipinski definition) is 8. The number of fused-ring (bicyclic) bond motifs is 2. The van der Waals surface area contributed by atoms with Gasteiger partial charge in [0.2, 0.25) is 0 Å². The Bertz CT molecular complexity index is 2090. The number of nitrogens with zero attached hydrogens (tertiary/aromatic N) is 7. The monoisotopic (exact) mass is 611 g/mol. The van der Waals surface area contributed by atoms with Crippen molar-refractivity contribution in [2.45, 2.75) is 26.2 Å². The Morgan fingerprint density at radius 3 is 1.96 bits per heavy atom. The first-order valence-electron chi connectivity index (χ1n) is 15.0. The highest BCUT2D eigenvalue weighted by Gasteiger charge is 2.13. The molecule has 1 aliphatic rings. The molecule has 0 N–H and O–H groups in total. The van der Waals surface area contributed by atoms with E-state index >= 15 is 0 Å². The maximum atomic E-state index is 14.9. The van der Waals surface area contributed by atoms with Crippen molar-refractivity contribution in [3.63, 3.8) is 0 Å². The van der Waals surface area contributed by atoms with Gasteiger partial charge in [0, 0.05) is 29.9 Å². The second-order valence-electron chi connectivity index (χ2n) is 11.1. The third kappa shape index (κ3) is 6.53. The average Bonchev–Trinajstić information content (AvgIpc) is 3.56. The first-order valence-corrected chi connectivity index (χ1v) is 15.8. The zero-order chi connectivity index (χ0) is 30.6. The second-order valence-corrected chi connectivity index (χ2v) is 12.1. The Balaban J connectivity index is 1.07. The molecule has 0 atom stereocenters. The molecule has 1 aromatic heterocycles. The Labute approximate surface area is 264 Å². The van der Waals surface area contributed by atoms with Crippen LogP contribution >= 0.6 is 11.3 Å². The molecule has 7 rings (SSSR count). The van der Waals surface area contributed by atoms with Crippen molar-refractivity contribution >= 4 is 71.3 Å². The van der Waals surface area contributed by atoms with Gasteiger partial charge in [-0.25, -0.2) is 4.39 Å². The minimum absolute atomic E-state index is 0.131. The molecule has 7 nitrogen and oxygen atoms in total. The number of halogens is 1. The molecule has 0 aliphatic carbocycles. The summed E-state index contributed by atoms with van der Waals surface area (Å²) < 4.78 is 14.9. The topological polar surface area (TPSA) is 77.4 Å². The molecule has 1 fully saturated rings. The molecule has 0 radical (unpaired) electrons. The standard InChI is InChI=1S/C36H30FN7S/c1-24-9-10-26-22-27(12-11-25(26)21-24)38-42-34-14-13-28(23-31(34)37)39-40-32-15-16-33(30-8-4-3-7-29(30)32)41-43-35-17-18-36(45-35)44-19-5-2-6-20-44/h3-4,7-18,21-23H,2,5-6,19-20H2,1H3. The lowest BCUT2D eigenvalue weighted by Gasteiger charge is -2.26. The number of anilines is 1. The summed E-state index contributed by atoms with van der Waals surface area (Å²) in [7, 11) is 0. The van der Waals surface area contributed by atoms with Crippen molar-refractivity contribution in [3.05, 3.63) is 115 Å². The number of rotatable bonds is 7. The van der Waals surface area contributed by atoms with Gasteiger partial charge in [-0.05, 0) is 85.5 Å². The van der Waals surface area contributed by atoms with Crippen LogP contribution in [0.5, 0.6) is 0 Å². The number of piperidine rings is 1. The van der Waals surface area contributed by atoms with Crippen LogP contribution in [0, 0.1) is 12.7 Å². The molecule has 6 aromatic rings. The number of aryl methyl sites for hydroxylation is 1. The number of azo groups is 3. The Morgan fingerprint density at radius 1 is 0.578 bits per heavy atom. The van der Waals surface area contributed by atoms with E-state index in [0.29, 0.717) is 17.1 Å². The molecule has 0 spiro atoms.